The van der Waals surface area contributed by atoms with Gasteiger partial charge >= 0.3 is 0 Å². The molecular formula is C20H24ClN7OS. The van der Waals surface area contributed by atoms with Crippen LogP contribution in [0.2, 0.25) is 5.02 Å². The summed E-state index contributed by atoms with van der Waals surface area (Å²) in [5.74, 6) is 1.32. The number of hydrogen-bond donors (Lipinski definition) is 2. The van der Waals surface area contributed by atoms with Crippen LogP contribution >= 0.6 is 23.4 Å². The van der Waals surface area contributed by atoms with Crippen LogP contribution in [0.5, 0.6) is 0 Å². The van der Waals surface area contributed by atoms with Gasteiger partial charge in [0.05, 0.1) is 22.6 Å². The number of pyridine rings is 1. The topological polar surface area (TPSA) is 108 Å². The summed E-state index contributed by atoms with van der Waals surface area (Å²) in [6.07, 6.45) is 9.28. The number of nitrogen functional groups attached to an aromatic ring is 1. The highest BCUT2D eigenvalue weighted by Gasteiger charge is 2.47. The lowest BCUT2D eigenvalue weighted by molar-refractivity contribution is 0.0973. The number of ether oxygens (including phenoxy) is 1. The van der Waals surface area contributed by atoms with Crippen molar-refractivity contribution in [3.05, 3.63) is 35.9 Å². The summed E-state index contributed by atoms with van der Waals surface area (Å²) in [5, 5.41) is 0.550. The van der Waals surface area contributed by atoms with Gasteiger partial charge in [0.1, 0.15) is 5.82 Å². The predicted molar refractivity (Wildman–Crippen MR) is 118 cm³/mol. The maximum Gasteiger partial charge on any atom is 0.211 e. The average Bonchev–Trinajstić information content (AvgIpc) is 3.34. The van der Waals surface area contributed by atoms with E-state index < -0.39 is 0 Å². The molecule has 8 nitrogen and oxygen atoms in total. The van der Waals surface area contributed by atoms with E-state index in [2.05, 4.69) is 21.8 Å². The van der Waals surface area contributed by atoms with Crippen molar-refractivity contribution in [1.82, 2.24) is 19.4 Å². The molecule has 2 saturated heterocycles. The molecule has 158 valence electrons. The van der Waals surface area contributed by atoms with E-state index >= 15 is 0 Å². The summed E-state index contributed by atoms with van der Waals surface area (Å²) in [4.78, 5) is 17.4. The third-order valence-corrected chi connectivity index (χ3v) is 7.80. The molecule has 0 unspecified atom stereocenters. The van der Waals surface area contributed by atoms with Gasteiger partial charge in [0.25, 0.3) is 0 Å². The number of anilines is 2. The standard InChI is InChI=1S/C20H24ClN7OS/c1-12-17(23)20(11-29-12)2-5-27(6-3-20)19-26-10-15(18-24-4-7-28(18)19)30-14-8-16(22)25-9-13(14)21/h4,7-10,12,17H,2-3,5-6,11,23H2,1H3,(H2,22,25)/t12-,17+/m0/s1. The van der Waals surface area contributed by atoms with E-state index in [1.165, 1.54) is 11.8 Å². The van der Waals surface area contributed by atoms with E-state index in [9.17, 15) is 0 Å². The molecular weight excluding hydrogens is 422 g/mol. The molecule has 0 aromatic carbocycles. The fourth-order valence-corrected chi connectivity index (χ4v) is 5.58. The minimum atomic E-state index is 0.0811. The Morgan fingerprint density at radius 1 is 1.20 bits per heavy atom. The van der Waals surface area contributed by atoms with Crippen LogP contribution in [-0.4, -0.2) is 51.2 Å². The quantitative estimate of drug-likeness (QED) is 0.633. The van der Waals surface area contributed by atoms with Crippen LogP contribution in [0.25, 0.3) is 5.65 Å². The van der Waals surface area contributed by atoms with E-state index in [0.29, 0.717) is 10.8 Å². The molecule has 0 radical (unpaired) electrons. The molecule has 3 aromatic rings. The smallest absolute Gasteiger partial charge is 0.211 e. The summed E-state index contributed by atoms with van der Waals surface area (Å²) in [6.45, 7) is 4.61. The molecule has 0 bridgehead atoms. The number of nitrogens with two attached hydrogens (primary N) is 2. The van der Waals surface area contributed by atoms with Crippen molar-refractivity contribution in [2.75, 3.05) is 30.3 Å². The van der Waals surface area contributed by atoms with Gasteiger partial charge in [-0.2, -0.15) is 0 Å². The molecule has 2 atom stereocenters. The highest BCUT2D eigenvalue weighted by atomic mass is 35.5. The number of aromatic nitrogens is 4. The van der Waals surface area contributed by atoms with Crippen molar-refractivity contribution in [3.63, 3.8) is 0 Å². The van der Waals surface area contributed by atoms with E-state index in [1.54, 1.807) is 18.5 Å². The zero-order valence-corrected chi connectivity index (χ0v) is 18.2. The monoisotopic (exact) mass is 445 g/mol. The van der Waals surface area contributed by atoms with Crippen LogP contribution in [0, 0.1) is 5.41 Å². The molecule has 5 rings (SSSR count). The second kappa shape index (κ2) is 7.56. The number of rotatable bonds is 3. The average molecular weight is 446 g/mol. The van der Waals surface area contributed by atoms with Crippen molar-refractivity contribution in [1.29, 1.82) is 0 Å². The van der Waals surface area contributed by atoms with E-state index in [-0.39, 0.29) is 17.6 Å². The molecule has 3 aromatic heterocycles. The number of nitrogens with zero attached hydrogens (tertiary/aromatic N) is 5. The molecule has 4 N–H and O–H groups in total. The van der Waals surface area contributed by atoms with Gasteiger partial charge in [-0.05, 0) is 25.8 Å². The maximum atomic E-state index is 6.46. The van der Waals surface area contributed by atoms with Crippen molar-refractivity contribution in [3.8, 4) is 0 Å². The van der Waals surface area contributed by atoms with E-state index in [4.69, 9.17) is 32.8 Å². The second-order valence-electron chi connectivity index (χ2n) is 8.08. The molecule has 30 heavy (non-hydrogen) atoms. The Bertz CT molecular complexity index is 1080. The van der Waals surface area contributed by atoms with Crippen LogP contribution in [0.4, 0.5) is 11.8 Å². The third kappa shape index (κ3) is 3.30. The van der Waals surface area contributed by atoms with Gasteiger partial charge in [0.2, 0.25) is 5.95 Å². The normalized spacial score (nSPS) is 23.5. The Morgan fingerprint density at radius 3 is 2.73 bits per heavy atom. The van der Waals surface area contributed by atoms with Crippen molar-refractivity contribution in [2.24, 2.45) is 11.1 Å². The van der Waals surface area contributed by atoms with Gasteiger partial charge in [0.15, 0.2) is 5.65 Å². The van der Waals surface area contributed by atoms with Gasteiger partial charge in [-0.25, -0.2) is 15.0 Å². The first-order valence-corrected chi connectivity index (χ1v) is 11.2. The van der Waals surface area contributed by atoms with Gasteiger partial charge in [-0.15, -0.1) is 0 Å². The van der Waals surface area contributed by atoms with Gasteiger partial charge < -0.3 is 21.1 Å². The summed E-state index contributed by atoms with van der Waals surface area (Å²) >= 11 is 7.77. The number of fused-ring (bicyclic) bond motifs is 1. The Kier molecular flexibility index (Phi) is 5.01. The van der Waals surface area contributed by atoms with Crippen LogP contribution in [0.3, 0.4) is 0 Å². The largest absolute Gasteiger partial charge is 0.384 e. The molecule has 0 aliphatic carbocycles. The van der Waals surface area contributed by atoms with Gasteiger partial charge in [-0.3, -0.25) is 4.40 Å². The van der Waals surface area contributed by atoms with Gasteiger partial charge in [0, 0.05) is 54.2 Å². The molecule has 2 fully saturated rings. The van der Waals surface area contributed by atoms with Crippen molar-refractivity contribution >= 4 is 40.8 Å². The Morgan fingerprint density at radius 2 is 2.00 bits per heavy atom. The molecule has 1 spiro atoms. The van der Waals surface area contributed by atoms with Crippen molar-refractivity contribution in [2.45, 2.75) is 41.7 Å². The highest BCUT2D eigenvalue weighted by molar-refractivity contribution is 7.99. The third-order valence-electron chi connectivity index (χ3n) is 6.32. The molecule has 2 aliphatic heterocycles. The number of halogens is 1. The molecule has 0 saturated carbocycles. The van der Waals surface area contributed by atoms with Crippen LogP contribution in [-0.2, 0) is 4.74 Å². The minimum Gasteiger partial charge on any atom is -0.384 e. The van der Waals surface area contributed by atoms with Crippen LogP contribution in [0.1, 0.15) is 19.8 Å². The van der Waals surface area contributed by atoms with Crippen LogP contribution < -0.4 is 16.4 Å². The minimum absolute atomic E-state index is 0.0811. The van der Waals surface area contributed by atoms with Crippen molar-refractivity contribution < 1.29 is 4.74 Å². The zero-order valence-electron chi connectivity index (χ0n) is 16.7. The zero-order chi connectivity index (χ0) is 20.9. The molecule has 0 amide bonds. The maximum absolute atomic E-state index is 6.46. The Hall–Kier alpha value is -2.07. The predicted octanol–water partition coefficient (Wildman–Crippen LogP) is 2.84. The summed E-state index contributed by atoms with van der Waals surface area (Å²) in [7, 11) is 0. The molecule has 10 heteroatoms. The second-order valence-corrected chi connectivity index (χ2v) is 9.57. The highest BCUT2D eigenvalue weighted by Crippen LogP contribution is 2.42. The first-order chi connectivity index (χ1) is 14.5. The number of piperidine rings is 1. The first kappa shape index (κ1) is 19.9. The molecule has 5 heterocycles. The Labute approximate surface area is 184 Å². The lowest BCUT2D eigenvalue weighted by atomic mass is 9.73. The summed E-state index contributed by atoms with van der Waals surface area (Å²) in [5.41, 5.74) is 13.2. The lowest BCUT2D eigenvalue weighted by Crippen LogP contribution is -2.51. The van der Waals surface area contributed by atoms with Gasteiger partial charge in [-0.1, -0.05) is 23.4 Å². The molecule has 2 aliphatic rings. The number of hydrogen-bond acceptors (Lipinski definition) is 8. The van der Waals surface area contributed by atoms with E-state index in [1.807, 2.05) is 16.8 Å². The van der Waals surface area contributed by atoms with E-state index in [0.717, 1.165) is 53.9 Å². The number of imidazole rings is 1. The first-order valence-electron chi connectivity index (χ1n) is 10.00. The fraction of sp³-hybridized carbons (Fsp3) is 0.450. The summed E-state index contributed by atoms with van der Waals surface area (Å²) in [6, 6.07) is 1.86. The van der Waals surface area contributed by atoms with Crippen LogP contribution in [0.15, 0.2) is 40.6 Å². The fourth-order valence-electron chi connectivity index (χ4n) is 4.45. The SMILES string of the molecule is C[C@@H]1OCC2(CCN(c3ncc(Sc4cc(N)ncc4Cl)c4nccn34)CC2)[C@@H]1N. The Balaban J connectivity index is 1.40. The summed E-state index contributed by atoms with van der Waals surface area (Å²) < 4.78 is 7.88. The lowest BCUT2D eigenvalue weighted by Gasteiger charge is -2.41.